The van der Waals surface area contributed by atoms with E-state index >= 15 is 0 Å². The van der Waals surface area contributed by atoms with E-state index in [1.54, 1.807) is 48.5 Å². The highest BCUT2D eigenvalue weighted by atomic mass is 16.7. The lowest BCUT2D eigenvalue weighted by Gasteiger charge is -2.35. The highest BCUT2D eigenvalue weighted by Gasteiger charge is 2.52. The van der Waals surface area contributed by atoms with Gasteiger partial charge >= 0.3 is 5.69 Å². The van der Waals surface area contributed by atoms with Crippen LogP contribution in [-0.4, -0.2) is 104 Å². The molecule has 18 nitrogen and oxygen atoms in total. The number of H-pyrrole nitrogens is 1. The molecule has 0 aliphatic carbocycles. The van der Waals surface area contributed by atoms with Crippen LogP contribution in [0.4, 0.5) is 5.69 Å². The first kappa shape index (κ1) is 34.4. The van der Waals surface area contributed by atoms with Gasteiger partial charge in [-0.3, -0.25) is 28.7 Å². The Labute approximate surface area is 281 Å². The number of rotatable bonds is 9. The first-order valence-corrected chi connectivity index (χ1v) is 15.2. The molecule has 0 radical (unpaired) electrons. The van der Waals surface area contributed by atoms with Crippen LogP contribution in [-0.2, 0) is 33.3 Å². The minimum atomic E-state index is -1.93. The molecule has 2 aromatic carbocycles. The molecule has 4 heterocycles. The maximum Gasteiger partial charge on any atom is 0.330 e. The molecule has 1 aromatic heterocycles. The number of benzodiazepines with no additional fused rings is 1. The van der Waals surface area contributed by atoms with Crippen molar-refractivity contribution in [2.24, 2.45) is 10.7 Å². The number of carbonyl (C=O) groups is 3. The molecular formula is C32H32N6O12. The summed E-state index contributed by atoms with van der Waals surface area (Å²) in [5.41, 5.74) is 6.08. The maximum absolute atomic E-state index is 13.5. The van der Waals surface area contributed by atoms with Crippen molar-refractivity contribution >= 4 is 29.1 Å². The topological polar surface area (TPSA) is 266 Å². The van der Waals surface area contributed by atoms with E-state index in [9.17, 15) is 39.3 Å². The summed E-state index contributed by atoms with van der Waals surface area (Å²) in [7, 11) is 1.18. The molecule has 3 amide bonds. The number of hydrogen-bond donors (Lipinski definition) is 7. The minimum Gasteiger partial charge on any atom is -0.456 e. The van der Waals surface area contributed by atoms with E-state index in [2.05, 4.69) is 15.6 Å². The van der Waals surface area contributed by atoms with Gasteiger partial charge in [0.25, 0.3) is 17.4 Å². The fourth-order valence-electron chi connectivity index (χ4n) is 5.76. The van der Waals surface area contributed by atoms with Gasteiger partial charge in [-0.05, 0) is 12.1 Å². The van der Waals surface area contributed by atoms with Gasteiger partial charge in [0.2, 0.25) is 18.4 Å². The lowest BCUT2D eigenvalue weighted by atomic mass is 10.0. The predicted molar refractivity (Wildman–Crippen MR) is 170 cm³/mol. The number of carbonyl (C=O) groups excluding carboxylic acids is 3. The van der Waals surface area contributed by atoms with Gasteiger partial charge in [-0.15, -0.1) is 0 Å². The number of primary amides is 1. The third-order valence-corrected chi connectivity index (χ3v) is 8.19. The first-order valence-electron chi connectivity index (χ1n) is 15.2. The molecule has 6 rings (SSSR count). The van der Waals surface area contributed by atoms with Crippen molar-refractivity contribution in [3.8, 4) is 0 Å². The Balaban J connectivity index is 1.22. The monoisotopic (exact) mass is 692 g/mol. The van der Waals surface area contributed by atoms with E-state index in [1.165, 1.54) is 7.11 Å². The van der Waals surface area contributed by atoms with Crippen molar-refractivity contribution in [2.45, 2.75) is 55.3 Å². The molecule has 50 heavy (non-hydrogen) atoms. The zero-order chi connectivity index (χ0) is 35.7. The second-order valence-corrected chi connectivity index (χ2v) is 11.4. The van der Waals surface area contributed by atoms with Crippen molar-refractivity contribution in [1.82, 2.24) is 14.9 Å². The number of aliphatic hydroxyl groups excluding tert-OH is 3. The summed E-state index contributed by atoms with van der Waals surface area (Å²) < 4.78 is 23.2. The van der Waals surface area contributed by atoms with Crippen LogP contribution in [0.25, 0.3) is 0 Å². The van der Waals surface area contributed by atoms with Crippen molar-refractivity contribution in [3.63, 3.8) is 0 Å². The summed E-state index contributed by atoms with van der Waals surface area (Å²) in [4.78, 5) is 69.9. The second-order valence-electron chi connectivity index (χ2n) is 11.4. The molecule has 1 saturated heterocycles. The Bertz CT molecular complexity index is 1960. The van der Waals surface area contributed by atoms with Gasteiger partial charge in [0.15, 0.2) is 18.1 Å². The number of benzene rings is 2. The summed E-state index contributed by atoms with van der Waals surface area (Å²) >= 11 is 0. The predicted octanol–water partition coefficient (Wildman–Crippen LogP) is -2.43. The largest absolute Gasteiger partial charge is 0.456 e. The normalized spacial score (nSPS) is 28.2. The number of anilines is 1. The van der Waals surface area contributed by atoms with Crippen LogP contribution in [0.1, 0.15) is 17.4 Å². The number of para-hydroxylation sites is 1. The quantitative estimate of drug-likeness (QED) is 0.124. The highest BCUT2D eigenvalue weighted by Crippen LogP contribution is 2.34. The van der Waals surface area contributed by atoms with Crippen molar-refractivity contribution in [1.29, 1.82) is 0 Å². The number of nitrogens with one attached hydrogen (secondary N) is 3. The number of fused-ring (bicyclic) bond motifs is 1. The molecule has 9 unspecified atom stereocenters. The van der Waals surface area contributed by atoms with Gasteiger partial charge in [-0.2, -0.15) is 0 Å². The molecule has 3 aliphatic heterocycles. The summed E-state index contributed by atoms with van der Waals surface area (Å²) in [6.45, 7) is 0. The number of aromatic amines is 1. The van der Waals surface area contributed by atoms with Gasteiger partial charge < -0.3 is 50.6 Å². The fourth-order valence-corrected chi connectivity index (χ4v) is 5.76. The Kier molecular flexibility index (Phi) is 9.73. The standard InChI is InChI=1S/C32H32N6O12/c1-47-23-22(42)30(38-12-11-19(40)35-32(38)46)49-24(23)25(26(33)43)50-31-21(41)17(39)13-18(48-31)28(44)37-27-29(45)34-16-10-6-5-9-15(16)20(36-27)14-7-3-2-4-8-14/h2-13,17,21-25,27,30-31,39,41-42H,1H3,(H2,33,43)(H,34,45)(H,37,44)(H,35,40,46). The number of methoxy groups -OCH3 is 1. The lowest BCUT2D eigenvalue weighted by molar-refractivity contribution is -0.241. The van der Waals surface area contributed by atoms with E-state index in [0.717, 1.165) is 22.9 Å². The van der Waals surface area contributed by atoms with E-state index in [-0.39, 0.29) is 0 Å². The molecule has 0 spiro atoms. The molecular weight excluding hydrogens is 660 g/mol. The average molecular weight is 693 g/mol. The van der Waals surface area contributed by atoms with Crippen LogP contribution in [0, 0.1) is 0 Å². The van der Waals surface area contributed by atoms with Crippen LogP contribution in [0.5, 0.6) is 0 Å². The summed E-state index contributed by atoms with van der Waals surface area (Å²) in [6, 6.07) is 16.9. The maximum atomic E-state index is 13.5. The SMILES string of the molecule is COC1C(O)C(n2ccc(=O)[nH]c2=O)OC1C(OC1OC(C(=O)NC2N=C(c3ccccc3)c3ccccc3NC2=O)=CC(O)C1O)C(N)=O. The van der Waals surface area contributed by atoms with E-state index in [1.807, 2.05) is 11.1 Å². The van der Waals surface area contributed by atoms with Crippen molar-refractivity contribution in [2.75, 3.05) is 12.4 Å². The first-order chi connectivity index (χ1) is 24.0. The number of aliphatic imine (C=N–C) groups is 1. The highest BCUT2D eigenvalue weighted by molar-refractivity contribution is 6.20. The third-order valence-electron chi connectivity index (χ3n) is 8.19. The molecule has 3 aliphatic rings. The molecule has 18 heteroatoms. The zero-order valence-electron chi connectivity index (χ0n) is 26.1. The lowest BCUT2D eigenvalue weighted by Crippen LogP contribution is -2.54. The van der Waals surface area contributed by atoms with Gasteiger partial charge in [0, 0.05) is 30.5 Å². The van der Waals surface area contributed by atoms with Crippen LogP contribution in [0.15, 0.2) is 93.3 Å². The average Bonchev–Trinajstić information content (AvgIpc) is 3.34. The third kappa shape index (κ3) is 6.70. The van der Waals surface area contributed by atoms with Crippen molar-refractivity contribution < 1.29 is 48.7 Å². The Hall–Kier alpha value is -5.50. The fraction of sp³-hybridized carbons (Fsp3) is 0.312. The molecule has 0 saturated carbocycles. The van der Waals surface area contributed by atoms with Crippen LogP contribution in [0.3, 0.4) is 0 Å². The number of ether oxygens (including phenoxy) is 4. The molecule has 0 bridgehead atoms. The smallest absolute Gasteiger partial charge is 0.330 e. The second kappa shape index (κ2) is 14.2. The Morgan fingerprint density at radius 3 is 2.44 bits per heavy atom. The number of nitrogens with two attached hydrogens (primary N) is 1. The van der Waals surface area contributed by atoms with E-state index in [0.29, 0.717) is 22.5 Å². The van der Waals surface area contributed by atoms with Crippen LogP contribution in [0.2, 0.25) is 0 Å². The summed E-state index contributed by atoms with van der Waals surface area (Å²) in [5.74, 6) is -3.52. The number of nitrogens with zero attached hydrogens (tertiary/aromatic N) is 2. The van der Waals surface area contributed by atoms with Gasteiger partial charge in [-0.25, -0.2) is 9.79 Å². The Morgan fingerprint density at radius 2 is 1.74 bits per heavy atom. The number of aromatic nitrogens is 2. The Morgan fingerprint density at radius 1 is 1.02 bits per heavy atom. The minimum absolute atomic E-state index is 0.401. The number of amides is 3. The van der Waals surface area contributed by atoms with Crippen LogP contribution < -0.4 is 27.6 Å². The molecule has 3 aromatic rings. The van der Waals surface area contributed by atoms with Gasteiger partial charge in [0.05, 0.1) is 11.4 Å². The molecule has 262 valence electrons. The van der Waals surface area contributed by atoms with Gasteiger partial charge in [0.1, 0.15) is 30.5 Å². The van der Waals surface area contributed by atoms with E-state index < -0.39 is 90.0 Å². The van der Waals surface area contributed by atoms with E-state index in [4.69, 9.17) is 24.7 Å². The van der Waals surface area contributed by atoms with Gasteiger partial charge in [-0.1, -0.05) is 48.5 Å². The summed E-state index contributed by atoms with van der Waals surface area (Å²) in [5, 5.41) is 37.5. The molecule has 9 atom stereocenters. The summed E-state index contributed by atoms with van der Waals surface area (Å²) in [6.07, 6.45) is -13.0. The number of hydrogen-bond acceptors (Lipinski definition) is 13. The number of aliphatic hydroxyl groups is 3. The van der Waals surface area contributed by atoms with Crippen molar-refractivity contribution in [3.05, 3.63) is 111 Å². The molecule has 8 N–H and O–H groups in total. The zero-order valence-corrected chi connectivity index (χ0v) is 26.1. The molecule has 1 fully saturated rings. The van der Waals surface area contributed by atoms with Crippen LogP contribution >= 0.6 is 0 Å².